The van der Waals surface area contributed by atoms with Crippen LogP contribution in [0.5, 0.6) is 0 Å². The number of rotatable bonds is 3. The molecule has 4 nitrogen and oxygen atoms in total. The summed E-state index contributed by atoms with van der Waals surface area (Å²) in [5.41, 5.74) is 0.454. The third kappa shape index (κ3) is 2.72. The molecule has 1 fully saturated rings. The highest BCUT2D eigenvalue weighted by molar-refractivity contribution is 6.36. The third-order valence-corrected chi connectivity index (χ3v) is 3.86. The monoisotopic (exact) mass is 304 g/mol. The molecule has 104 valence electrons. The molecule has 3 atom stereocenters. The van der Waals surface area contributed by atoms with Crippen molar-refractivity contribution >= 4 is 29.2 Å². The molecule has 0 bridgehead atoms. The Labute approximate surface area is 121 Å². The molecule has 1 heterocycles. The standard InChI is InChI=1S/C13H14Cl2O4/c1-3-13(2)18-10(11(19-13)12(16)17)9-7(14)5-4-6-8(9)15/h4-6,10-11H,3H2,1-2H3,(H,16,17)/t10-,11+,13?/m1/s1. The molecule has 19 heavy (non-hydrogen) atoms. The minimum Gasteiger partial charge on any atom is -0.479 e. The number of benzene rings is 1. The molecular weight excluding hydrogens is 291 g/mol. The molecule has 0 aromatic heterocycles. The molecule has 1 saturated heterocycles. The molecule has 0 aliphatic carbocycles. The quantitative estimate of drug-likeness (QED) is 0.926. The van der Waals surface area contributed by atoms with E-state index in [9.17, 15) is 9.90 Å². The molecule has 0 saturated carbocycles. The molecule has 0 amide bonds. The van der Waals surface area contributed by atoms with Gasteiger partial charge in [0.1, 0.15) is 6.10 Å². The Kier molecular flexibility index (Phi) is 4.06. The second kappa shape index (κ2) is 5.29. The smallest absolute Gasteiger partial charge is 0.336 e. The second-order valence-corrected chi connectivity index (χ2v) is 5.35. The summed E-state index contributed by atoms with van der Waals surface area (Å²) in [6.07, 6.45) is -1.42. The van der Waals surface area contributed by atoms with Crippen LogP contribution in [0.4, 0.5) is 0 Å². The first-order valence-electron chi connectivity index (χ1n) is 5.90. The molecule has 1 aromatic rings. The predicted molar refractivity (Wildman–Crippen MR) is 71.5 cm³/mol. The van der Waals surface area contributed by atoms with Crippen LogP contribution in [0.2, 0.25) is 10.0 Å². The van der Waals surface area contributed by atoms with E-state index in [4.69, 9.17) is 32.7 Å². The van der Waals surface area contributed by atoms with E-state index >= 15 is 0 Å². The Morgan fingerprint density at radius 2 is 1.95 bits per heavy atom. The zero-order valence-corrected chi connectivity index (χ0v) is 12.0. The second-order valence-electron chi connectivity index (χ2n) is 4.54. The van der Waals surface area contributed by atoms with E-state index in [1.165, 1.54) is 0 Å². The first-order valence-corrected chi connectivity index (χ1v) is 6.66. The summed E-state index contributed by atoms with van der Waals surface area (Å²) in [7, 11) is 0. The Balaban J connectivity index is 2.45. The van der Waals surface area contributed by atoms with Crippen LogP contribution in [-0.2, 0) is 14.3 Å². The fourth-order valence-electron chi connectivity index (χ4n) is 2.03. The highest BCUT2D eigenvalue weighted by Crippen LogP contribution is 2.44. The van der Waals surface area contributed by atoms with E-state index in [2.05, 4.69) is 0 Å². The highest BCUT2D eigenvalue weighted by atomic mass is 35.5. The van der Waals surface area contributed by atoms with E-state index < -0.39 is 24.0 Å². The molecule has 0 spiro atoms. The molecule has 1 aromatic carbocycles. The van der Waals surface area contributed by atoms with Crippen LogP contribution < -0.4 is 0 Å². The zero-order chi connectivity index (χ0) is 14.2. The van der Waals surface area contributed by atoms with Crippen molar-refractivity contribution in [3.05, 3.63) is 33.8 Å². The predicted octanol–water partition coefficient (Wildman–Crippen LogP) is 3.66. The van der Waals surface area contributed by atoms with Crippen LogP contribution in [0.3, 0.4) is 0 Å². The van der Waals surface area contributed by atoms with Gasteiger partial charge in [0.05, 0.1) is 0 Å². The Morgan fingerprint density at radius 1 is 1.37 bits per heavy atom. The molecular formula is C13H14Cl2O4. The lowest BCUT2D eigenvalue weighted by Crippen LogP contribution is -2.29. The highest BCUT2D eigenvalue weighted by Gasteiger charge is 2.48. The van der Waals surface area contributed by atoms with E-state index in [0.29, 0.717) is 22.0 Å². The fraction of sp³-hybridized carbons (Fsp3) is 0.462. The molecule has 1 unspecified atom stereocenters. The average Bonchev–Trinajstić information content (AvgIpc) is 2.68. The lowest BCUT2D eigenvalue weighted by Gasteiger charge is -2.21. The Bertz CT molecular complexity index is 485. The summed E-state index contributed by atoms with van der Waals surface area (Å²) in [4.78, 5) is 11.3. The van der Waals surface area contributed by atoms with Gasteiger partial charge in [0, 0.05) is 15.6 Å². The summed E-state index contributed by atoms with van der Waals surface area (Å²) < 4.78 is 11.2. The van der Waals surface area contributed by atoms with Gasteiger partial charge in [0.15, 0.2) is 11.9 Å². The van der Waals surface area contributed by atoms with Crippen molar-refractivity contribution in [2.75, 3.05) is 0 Å². The van der Waals surface area contributed by atoms with Crippen molar-refractivity contribution < 1.29 is 19.4 Å². The SMILES string of the molecule is CCC1(C)O[C@H](C(=O)O)[C@@H](c2c(Cl)cccc2Cl)O1. The number of ether oxygens (including phenoxy) is 2. The van der Waals surface area contributed by atoms with Crippen LogP contribution >= 0.6 is 23.2 Å². The fourth-order valence-corrected chi connectivity index (χ4v) is 2.64. The maximum Gasteiger partial charge on any atom is 0.336 e. The number of carboxylic acids is 1. The first kappa shape index (κ1) is 14.6. The maximum absolute atomic E-state index is 11.3. The summed E-state index contributed by atoms with van der Waals surface area (Å²) in [5, 5.41) is 10.00. The normalized spacial score (nSPS) is 30.5. The largest absolute Gasteiger partial charge is 0.479 e. The van der Waals surface area contributed by atoms with Crippen LogP contribution in [0.1, 0.15) is 31.9 Å². The molecule has 1 aliphatic heterocycles. The van der Waals surface area contributed by atoms with E-state index in [1.54, 1.807) is 25.1 Å². The van der Waals surface area contributed by atoms with Gasteiger partial charge in [-0.3, -0.25) is 0 Å². The molecule has 0 radical (unpaired) electrons. The van der Waals surface area contributed by atoms with E-state index in [1.807, 2.05) is 6.92 Å². The van der Waals surface area contributed by atoms with E-state index in [0.717, 1.165) is 0 Å². The van der Waals surface area contributed by atoms with E-state index in [-0.39, 0.29) is 0 Å². The number of hydrogen-bond donors (Lipinski definition) is 1. The minimum atomic E-state index is -1.12. The lowest BCUT2D eigenvalue weighted by atomic mass is 10.0. The average molecular weight is 305 g/mol. The first-order chi connectivity index (χ1) is 8.88. The van der Waals surface area contributed by atoms with Crippen molar-refractivity contribution in [1.29, 1.82) is 0 Å². The van der Waals surface area contributed by atoms with Gasteiger partial charge in [-0.1, -0.05) is 36.2 Å². The topological polar surface area (TPSA) is 55.8 Å². The van der Waals surface area contributed by atoms with Crippen molar-refractivity contribution in [3.63, 3.8) is 0 Å². The van der Waals surface area contributed by atoms with Gasteiger partial charge in [0.2, 0.25) is 0 Å². The molecule has 6 heteroatoms. The number of carbonyl (C=O) groups is 1. The van der Waals surface area contributed by atoms with Gasteiger partial charge in [0.25, 0.3) is 0 Å². The summed E-state index contributed by atoms with van der Waals surface area (Å²) >= 11 is 12.2. The Morgan fingerprint density at radius 3 is 2.42 bits per heavy atom. The third-order valence-electron chi connectivity index (χ3n) is 3.20. The molecule has 2 rings (SSSR count). The number of carboxylic acid groups (broad SMARTS) is 1. The van der Waals surface area contributed by atoms with Crippen molar-refractivity contribution in [1.82, 2.24) is 0 Å². The number of aliphatic carboxylic acids is 1. The van der Waals surface area contributed by atoms with Gasteiger partial charge >= 0.3 is 5.97 Å². The van der Waals surface area contributed by atoms with Crippen molar-refractivity contribution in [2.24, 2.45) is 0 Å². The van der Waals surface area contributed by atoms with Gasteiger partial charge in [-0.15, -0.1) is 0 Å². The summed E-state index contributed by atoms with van der Waals surface area (Å²) in [6, 6.07) is 4.98. The summed E-state index contributed by atoms with van der Waals surface area (Å²) in [6.45, 7) is 3.56. The van der Waals surface area contributed by atoms with Crippen molar-refractivity contribution in [3.8, 4) is 0 Å². The number of halogens is 2. The number of hydrogen-bond acceptors (Lipinski definition) is 3. The van der Waals surface area contributed by atoms with Crippen molar-refractivity contribution in [2.45, 2.75) is 38.3 Å². The van der Waals surface area contributed by atoms with Crippen LogP contribution in [0.15, 0.2) is 18.2 Å². The van der Waals surface area contributed by atoms with Crippen LogP contribution in [0.25, 0.3) is 0 Å². The minimum absolute atomic E-state index is 0.368. The van der Waals surface area contributed by atoms with Crippen LogP contribution in [-0.4, -0.2) is 23.0 Å². The summed E-state index contributed by atoms with van der Waals surface area (Å²) in [5.74, 6) is -2.05. The van der Waals surface area contributed by atoms with Gasteiger partial charge < -0.3 is 14.6 Å². The van der Waals surface area contributed by atoms with Crippen LogP contribution in [0, 0.1) is 0 Å². The maximum atomic E-state index is 11.3. The molecule has 1 N–H and O–H groups in total. The van der Waals surface area contributed by atoms with Gasteiger partial charge in [-0.2, -0.15) is 0 Å². The lowest BCUT2D eigenvalue weighted by molar-refractivity contribution is -0.175. The van der Waals surface area contributed by atoms with Gasteiger partial charge in [-0.05, 0) is 25.5 Å². The van der Waals surface area contributed by atoms with Gasteiger partial charge in [-0.25, -0.2) is 4.79 Å². The zero-order valence-electron chi connectivity index (χ0n) is 10.5. The Hall–Kier alpha value is -0.810. The molecule has 1 aliphatic rings.